The van der Waals surface area contributed by atoms with Crippen LogP contribution in [0.1, 0.15) is 11.4 Å². The molecule has 17 heavy (non-hydrogen) atoms. The summed E-state index contributed by atoms with van der Waals surface area (Å²) in [6.45, 7) is 5.15. The molecule has 1 aromatic rings. The van der Waals surface area contributed by atoms with Crippen molar-refractivity contribution in [2.75, 3.05) is 19.8 Å². The topological polar surface area (TPSA) is 73.3 Å². The highest BCUT2D eigenvalue weighted by atomic mass is 16.6. The van der Waals surface area contributed by atoms with Crippen LogP contribution in [-0.2, 0) is 4.74 Å². The molecule has 6 heteroatoms. The summed E-state index contributed by atoms with van der Waals surface area (Å²) in [5, 5.41) is 2.61. The molecule has 0 radical (unpaired) electrons. The minimum absolute atomic E-state index is 0.136. The summed E-state index contributed by atoms with van der Waals surface area (Å²) >= 11 is 0. The first-order valence-corrected chi connectivity index (χ1v) is 5.49. The number of cyclic esters (lactones) is 1. The van der Waals surface area contributed by atoms with Gasteiger partial charge in [0.05, 0.1) is 6.61 Å². The number of ether oxygens (including phenoxy) is 2. The van der Waals surface area contributed by atoms with Crippen LogP contribution in [0.2, 0.25) is 0 Å². The van der Waals surface area contributed by atoms with Crippen molar-refractivity contribution in [1.82, 2.24) is 15.3 Å². The SMILES string of the molecule is Cc1cc(C)nc(OCC2CNC(=O)OC2)n1. The van der Waals surface area contributed by atoms with E-state index in [4.69, 9.17) is 9.47 Å². The minimum Gasteiger partial charge on any atom is -0.463 e. The van der Waals surface area contributed by atoms with Gasteiger partial charge in [-0.05, 0) is 19.9 Å². The van der Waals surface area contributed by atoms with Gasteiger partial charge in [0.2, 0.25) is 0 Å². The second-order valence-electron chi connectivity index (χ2n) is 4.09. The Labute approximate surface area is 99.4 Å². The Morgan fingerprint density at radius 2 is 2.18 bits per heavy atom. The van der Waals surface area contributed by atoms with Crippen LogP contribution >= 0.6 is 0 Å². The molecule has 0 bridgehead atoms. The van der Waals surface area contributed by atoms with Gasteiger partial charge in [0.1, 0.15) is 6.61 Å². The number of hydrogen-bond acceptors (Lipinski definition) is 5. The van der Waals surface area contributed by atoms with Crippen LogP contribution in [0, 0.1) is 19.8 Å². The Hall–Kier alpha value is -1.85. The molecule has 0 spiro atoms. The summed E-state index contributed by atoms with van der Waals surface area (Å²) in [5.41, 5.74) is 1.75. The van der Waals surface area contributed by atoms with Crippen molar-refractivity contribution in [2.24, 2.45) is 5.92 Å². The van der Waals surface area contributed by atoms with Gasteiger partial charge >= 0.3 is 12.1 Å². The Morgan fingerprint density at radius 3 is 2.76 bits per heavy atom. The molecule has 1 N–H and O–H groups in total. The third-order valence-corrected chi connectivity index (χ3v) is 2.40. The molecule has 1 atom stereocenters. The number of aryl methyl sites for hydroxylation is 2. The predicted molar refractivity (Wildman–Crippen MR) is 59.8 cm³/mol. The van der Waals surface area contributed by atoms with Crippen molar-refractivity contribution in [3.63, 3.8) is 0 Å². The maximum absolute atomic E-state index is 10.8. The predicted octanol–water partition coefficient (Wildman–Crippen LogP) is 0.828. The minimum atomic E-state index is -0.371. The molecule has 6 nitrogen and oxygen atoms in total. The molecule has 1 fully saturated rings. The molecule has 0 saturated carbocycles. The second-order valence-corrected chi connectivity index (χ2v) is 4.09. The first-order chi connectivity index (χ1) is 8.13. The van der Waals surface area contributed by atoms with E-state index in [9.17, 15) is 4.79 Å². The molecule has 0 aromatic carbocycles. The fraction of sp³-hybridized carbons (Fsp3) is 0.545. The zero-order valence-electron chi connectivity index (χ0n) is 9.90. The Morgan fingerprint density at radius 1 is 1.47 bits per heavy atom. The van der Waals surface area contributed by atoms with Gasteiger partial charge in [0.15, 0.2) is 0 Å². The van der Waals surface area contributed by atoms with Gasteiger partial charge < -0.3 is 14.8 Å². The number of alkyl carbamates (subject to hydrolysis) is 1. The lowest BCUT2D eigenvalue weighted by atomic mass is 10.1. The van der Waals surface area contributed by atoms with Gasteiger partial charge in [0.25, 0.3) is 0 Å². The van der Waals surface area contributed by atoms with E-state index in [0.29, 0.717) is 25.8 Å². The van der Waals surface area contributed by atoms with Gasteiger partial charge in [-0.1, -0.05) is 0 Å². The van der Waals surface area contributed by atoms with Crippen LogP contribution in [-0.4, -0.2) is 35.8 Å². The summed E-state index contributed by atoms with van der Waals surface area (Å²) in [6.07, 6.45) is -0.371. The molecule has 1 saturated heterocycles. The van der Waals surface area contributed by atoms with Crippen molar-refractivity contribution >= 4 is 6.09 Å². The molecule has 92 valence electrons. The molecular formula is C11H15N3O3. The van der Waals surface area contributed by atoms with E-state index in [1.807, 2.05) is 19.9 Å². The van der Waals surface area contributed by atoms with Crippen LogP contribution in [0.3, 0.4) is 0 Å². The van der Waals surface area contributed by atoms with Crippen molar-refractivity contribution in [3.8, 4) is 6.01 Å². The van der Waals surface area contributed by atoms with Gasteiger partial charge in [-0.25, -0.2) is 14.8 Å². The lowest BCUT2D eigenvalue weighted by Gasteiger charge is -2.22. The van der Waals surface area contributed by atoms with Gasteiger partial charge in [-0.3, -0.25) is 0 Å². The van der Waals surface area contributed by atoms with Crippen LogP contribution in [0.15, 0.2) is 6.07 Å². The van der Waals surface area contributed by atoms with E-state index in [-0.39, 0.29) is 12.0 Å². The maximum Gasteiger partial charge on any atom is 0.407 e. The molecule has 2 rings (SSSR count). The second kappa shape index (κ2) is 4.99. The summed E-state index contributed by atoms with van der Waals surface area (Å²) in [6, 6.07) is 2.26. The highest BCUT2D eigenvalue weighted by molar-refractivity contribution is 5.67. The summed E-state index contributed by atoms with van der Waals surface area (Å²) in [7, 11) is 0. The van der Waals surface area contributed by atoms with E-state index >= 15 is 0 Å². The number of rotatable bonds is 3. The summed E-state index contributed by atoms with van der Waals surface area (Å²) in [5.74, 6) is 0.136. The highest BCUT2D eigenvalue weighted by Gasteiger charge is 2.19. The van der Waals surface area contributed by atoms with E-state index in [2.05, 4.69) is 15.3 Å². The van der Waals surface area contributed by atoms with Crippen LogP contribution in [0.4, 0.5) is 4.79 Å². The fourth-order valence-corrected chi connectivity index (χ4v) is 1.59. The first-order valence-electron chi connectivity index (χ1n) is 5.49. The number of carbonyl (C=O) groups excluding carboxylic acids is 1. The number of nitrogens with one attached hydrogen (secondary N) is 1. The summed E-state index contributed by atoms with van der Waals surface area (Å²) < 4.78 is 10.3. The maximum atomic E-state index is 10.8. The van der Waals surface area contributed by atoms with Crippen LogP contribution < -0.4 is 10.1 Å². The normalized spacial score (nSPS) is 19.4. The van der Waals surface area contributed by atoms with E-state index in [0.717, 1.165) is 11.4 Å². The molecule has 1 aliphatic rings. The Balaban J connectivity index is 1.87. The molecule has 1 unspecified atom stereocenters. The molecule has 1 aliphatic heterocycles. The van der Waals surface area contributed by atoms with Gasteiger partial charge in [-0.2, -0.15) is 0 Å². The first kappa shape index (κ1) is 11.6. The number of aromatic nitrogens is 2. The van der Waals surface area contributed by atoms with Crippen molar-refractivity contribution in [1.29, 1.82) is 0 Å². The van der Waals surface area contributed by atoms with Crippen molar-refractivity contribution in [3.05, 3.63) is 17.5 Å². The fourth-order valence-electron chi connectivity index (χ4n) is 1.59. The van der Waals surface area contributed by atoms with E-state index in [1.165, 1.54) is 0 Å². The summed E-state index contributed by atoms with van der Waals surface area (Å²) in [4.78, 5) is 19.1. The van der Waals surface area contributed by atoms with Crippen molar-refractivity contribution < 1.29 is 14.3 Å². The Bertz CT molecular complexity index is 392. The molecule has 1 amide bonds. The molecule has 1 aromatic heterocycles. The number of hydrogen-bond donors (Lipinski definition) is 1. The highest BCUT2D eigenvalue weighted by Crippen LogP contribution is 2.09. The Kier molecular flexibility index (Phi) is 3.41. The molecule has 2 heterocycles. The van der Waals surface area contributed by atoms with E-state index in [1.54, 1.807) is 0 Å². The zero-order valence-corrected chi connectivity index (χ0v) is 9.90. The van der Waals surface area contributed by atoms with E-state index < -0.39 is 0 Å². The monoisotopic (exact) mass is 237 g/mol. The molecular weight excluding hydrogens is 222 g/mol. The smallest absolute Gasteiger partial charge is 0.407 e. The third kappa shape index (κ3) is 3.30. The van der Waals surface area contributed by atoms with Crippen LogP contribution in [0.25, 0.3) is 0 Å². The van der Waals surface area contributed by atoms with Gasteiger partial charge in [-0.15, -0.1) is 0 Å². The largest absolute Gasteiger partial charge is 0.463 e. The average molecular weight is 237 g/mol. The number of amides is 1. The standard InChI is InChI=1S/C11H15N3O3/c1-7-3-8(2)14-10(13-7)16-5-9-4-12-11(15)17-6-9/h3,9H,4-6H2,1-2H3,(H,12,15). The van der Waals surface area contributed by atoms with Gasteiger partial charge in [0, 0.05) is 23.9 Å². The number of nitrogens with zero attached hydrogens (tertiary/aromatic N) is 2. The average Bonchev–Trinajstić information content (AvgIpc) is 2.27. The lowest BCUT2D eigenvalue weighted by molar-refractivity contribution is 0.0816. The number of carbonyl (C=O) groups is 1. The third-order valence-electron chi connectivity index (χ3n) is 2.40. The van der Waals surface area contributed by atoms with Crippen LogP contribution in [0.5, 0.6) is 6.01 Å². The van der Waals surface area contributed by atoms with Crippen molar-refractivity contribution in [2.45, 2.75) is 13.8 Å². The zero-order chi connectivity index (χ0) is 12.3. The quantitative estimate of drug-likeness (QED) is 0.842. The lowest BCUT2D eigenvalue weighted by Crippen LogP contribution is -2.41. The molecule has 0 aliphatic carbocycles.